The zero-order chi connectivity index (χ0) is 19.1. The summed E-state index contributed by atoms with van der Waals surface area (Å²) in [5.41, 5.74) is 5.05. The van der Waals surface area contributed by atoms with E-state index in [4.69, 9.17) is 9.84 Å². The molecule has 1 aliphatic carbocycles. The average Bonchev–Trinajstić information content (AvgIpc) is 3.20. The first-order chi connectivity index (χ1) is 13.7. The van der Waals surface area contributed by atoms with Crippen LogP contribution in [0.3, 0.4) is 0 Å². The number of rotatable bonds is 3. The summed E-state index contributed by atoms with van der Waals surface area (Å²) in [5.74, 6) is 1.61. The molecule has 4 heteroatoms. The minimum atomic E-state index is 0.0615. The molecule has 2 aromatic carbocycles. The van der Waals surface area contributed by atoms with Gasteiger partial charge in [-0.25, -0.2) is 5.01 Å². The zero-order valence-electron chi connectivity index (χ0n) is 16.4. The third-order valence-electron chi connectivity index (χ3n) is 6.53. The first-order valence-corrected chi connectivity index (χ1v) is 11.4. The fraction of sp³-hybridized carbons (Fsp3) is 0.458. The van der Waals surface area contributed by atoms with Gasteiger partial charge in [0.25, 0.3) is 0 Å². The van der Waals surface area contributed by atoms with Crippen LogP contribution in [-0.4, -0.2) is 16.9 Å². The van der Waals surface area contributed by atoms with E-state index in [-0.39, 0.29) is 12.3 Å². The van der Waals surface area contributed by atoms with Crippen LogP contribution in [0, 0.1) is 5.92 Å². The number of fused-ring (bicyclic) bond motifs is 3. The van der Waals surface area contributed by atoms with Gasteiger partial charge in [-0.2, -0.15) is 5.10 Å². The lowest BCUT2D eigenvalue weighted by atomic mass is 9.86. The Morgan fingerprint density at radius 1 is 1.07 bits per heavy atom. The van der Waals surface area contributed by atoms with E-state index in [2.05, 4.69) is 70.3 Å². The van der Waals surface area contributed by atoms with Crippen LogP contribution < -0.4 is 4.74 Å². The van der Waals surface area contributed by atoms with Crippen LogP contribution in [0.4, 0.5) is 0 Å². The molecule has 0 radical (unpaired) electrons. The van der Waals surface area contributed by atoms with Crippen molar-refractivity contribution in [3.63, 3.8) is 0 Å². The molecule has 1 fully saturated rings. The van der Waals surface area contributed by atoms with Crippen LogP contribution in [0.5, 0.6) is 5.75 Å². The van der Waals surface area contributed by atoms with E-state index in [9.17, 15) is 0 Å². The summed E-state index contributed by atoms with van der Waals surface area (Å²) in [6.07, 6.45) is 8.55. The van der Waals surface area contributed by atoms with Gasteiger partial charge in [0.2, 0.25) is 0 Å². The van der Waals surface area contributed by atoms with Gasteiger partial charge in [0.05, 0.1) is 11.8 Å². The normalized spacial score (nSPS) is 24.4. The smallest absolute Gasteiger partial charge is 0.190 e. The standard InChI is InChI=1S/C24H27BrN2O/c1-2-16-8-10-17(11-9-16)21-15-22-20-14-19(25)12-13-23(20)28-24(27(22)26-21)18-6-4-3-5-7-18/h8-14,18,22,24H,2-7,15H2,1H3/t22-,24-/m0/s1. The van der Waals surface area contributed by atoms with Crippen molar-refractivity contribution in [3.8, 4) is 5.75 Å². The first kappa shape index (κ1) is 18.2. The molecule has 3 aliphatic rings. The maximum Gasteiger partial charge on any atom is 0.190 e. The van der Waals surface area contributed by atoms with Gasteiger partial charge in [-0.1, -0.05) is 66.4 Å². The summed E-state index contributed by atoms with van der Waals surface area (Å²) >= 11 is 3.64. The molecule has 28 heavy (non-hydrogen) atoms. The number of ether oxygens (including phenoxy) is 1. The van der Waals surface area contributed by atoms with Crippen molar-refractivity contribution in [3.05, 3.63) is 63.6 Å². The number of halogens is 1. The second-order valence-electron chi connectivity index (χ2n) is 8.29. The maximum atomic E-state index is 6.56. The quantitative estimate of drug-likeness (QED) is 0.548. The summed E-state index contributed by atoms with van der Waals surface area (Å²) in [6.45, 7) is 2.20. The summed E-state index contributed by atoms with van der Waals surface area (Å²) in [4.78, 5) is 0. The van der Waals surface area contributed by atoms with Gasteiger partial charge in [-0.15, -0.1) is 0 Å². The molecule has 0 bridgehead atoms. The minimum Gasteiger partial charge on any atom is -0.468 e. The number of hydrogen-bond acceptors (Lipinski definition) is 3. The molecule has 0 N–H and O–H groups in total. The van der Waals surface area contributed by atoms with Crippen LogP contribution in [0.1, 0.15) is 68.2 Å². The molecule has 2 atom stereocenters. The molecule has 1 saturated carbocycles. The molecule has 2 aliphatic heterocycles. The molecule has 0 saturated heterocycles. The van der Waals surface area contributed by atoms with Gasteiger partial charge in [-0.3, -0.25) is 0 Å². The summed E-state index contributed by atoms with van der Waals surface area (Å²) < 4.78 is 7.66. The minimum absolute atomic E-state index is 0.0615. The molecule has 0 spiro atoms. The molecule has 5 rings (SSSR count). The van der Waals surface area contributed by atoms with Gasteiger partial charge >= 0.3 is 0 Å². The van der Waals surface area contributed by atoms with E-state index in [1.165, 1.54) is 54.5 Å². The highest BCUT2D eigenvalue weighted by Gasteiger charge is 2.43. The van der Waals surface area contributed by atoms with Gasteiger partial charge in [0.15, 0.2) is 6.23 Å². The zero-order valence-corrected chi connectivity index (χ0v) is 18.0. The molecule has 146 valence electrons. The SMILES string of the molecule is CCc1ccc(C2=NN3[C@@H](C2)c2cc(Br)ccc2O[C@H]3C2CCCCC2)cc1. The Hall–Kier alpha value is -1.81. The molecule has 2 aromatic rings. The lowest BCUT2D eigenvalue weighted by Gasteiger charge is -2.42. The van der Waals surface area contributed by atoms with Crippen molar-refractivity contribution in [2.24, 2.45) is 11.0 Å². The molecule has 0 aromatic heterocycles. The van der Waals surface area contributed by atoms with E-state index in [0.29, 0.717) is 5.92 Å². The third kappa shape index (κ3) is 3.26. The van der Waals surface area contributed by atoms with Gasteiger partial charge in [-0.05, 0) is 48.6 Å². The molecule has 0 amide bonds. The predicted octanol–water partition coefficient (Wildman–Crippen LogP) is 6.46. The first-order valence-electron chi connectivity index (χ1n) is 10.6. The fourth-order valence-corrected chi connectivity index (χ4v) is 5.30. The Morgan fingerprint density at radius 3 is 2.61 bits per heavy atom. The largest absolute Gasteiger partial charge is 0.468 e. The van der Waals surface area contributed by atoms with E-state index in [1.807, 2.05) is 0 Å². The number of benzene rings is 2. The van der Waals surface area contributed by atoms with Gasteiger partial charge < -0.3 is 4.74 Å². The molecule has 2 heterocycles. The lowest BCUT2D eigenvalue weighted by Crippen LogP contribution is -2.45. The predicted molar refractivity (Wildman–Crippen MR) is 117 cm³/mol. The van der Waals surface area contributed by atoms with Gasteiger partial charge in [0.1, 0.15) is 5.75 Å². The summed E-state index contributed by atoms with van der Waals surface area (Å²) in [5, 5.41) is 7.42. The van der Waals surface area contributed by atoms with Crippen LogP contribution >= 0.6 is 15.9 Å². The highest BCUT2D eigenvalue weighted by molar-refractivity contribution is 9.10. The lowest BCUT2D eigenvalue weighted by molar-refractivity contribution is -0.0644. The van der Waals surface area contributed by atoms with Crippen LogP contribution in [0.2, 0.25) is 0 Å². The number of hydrazone groups is 1. The highest BCUT2D eigenvalue weighted by Crippen LogP contribution is 2.47. The van der Waals surface area contributed by atoms with Crippen molar-refractivity contribution in [2.45, 2.75) is 64.1 Å². The molecule has 3 nitrogen and oxygen atoms in total. The fourth-order valence-electron chi connectivity index (χ4n) is 4.92. The molecular weight excluding hydrogens is 412 g/mol. The second kappa shape index (κ2) is 7.55. The van der Waals surface area contributed by atoms with E-state index in [1.54, 1.807) is 0 Å². The Kier molecular flexibility index (Phi) is 4.92. The maximum absolute atomic E-state index is 6.56. The number of hydrogen-bond donors (Lipinski definition) is 0. The third-order valence-corrected chi connectivity index (χ3v) is 7.02. The van der Waals surface area contributed by atoms with Crippen LogP contribution in [-0.2, 0) is 6.42 Å². The van der Waals surface area contributed by atoms with Crippen molar-refractivity contribution >= 4 is 21.6 Å². The number of aryl methyl sites for hydroxylation is 1. The van der Waals surface area contributed by atoms with E-state index >= 15 is 0 Å². The van der Waals surface area contributed by atoms with Crippen LogP contribution in [0.25, 0.3) is 0 Å². The summed E-state index contributed by atoms with van der Waals surface area (Å²) in [7, 11) is 0. The Morgan fingerprint density at radius 2 is 1.86 bits per heavy atom. The topological polar surface area (TPSA) is 24.8 Å². The second-order valence-corrected chi connectivity index (χ2v) is 9.20. The Bertz CT molecular complexity index is 886. The number of nitrogens with zero attached hydrogens (tertiary/aromatic N) is 2. The van der Waals surface area contributed by atoms with Crippen molar-refractivity contribution in [2.75, 3.05) is 0 Å². The average molecular weight is 439 g/mol. The van der Waals surface area contributed by atoms with Crippen molar-refractivity contribution in [1.82, 2.24) is 5.01 Å². The van der Waals surface area contributed by atoms with Crippen molar-refractivity contribution in [1.29, 1.82) is 0 Å². The highest BCUT2D eigenvalue weighted by atomic mass is 79.9. The monoisotopic (exact) mass is 438 g/mol. The Labute approximate surface area is 175 Å². The van der Waals surface area contributed by atoms with E-state index in [0.717, 1.165) is 23.1 Å². The van der Waals surface area contributed by atoms with E-state index < -0.39 is 0 Å². The molecule has 0 unspecified atom stereocenters. The summed E-state index contributed by atoms with van der Waals surface area (Å²) in [6, 6.07) is 15.6. The molecular formula is C24H27BrN2O. The van der Waals surface area contributed by atoms with Crippen LogP contribution in [0.15, 0.2) is 52.0 Å². The van der Waals surface area contributed by atoms with Crippen molar-refractivity contribution < 1.29 is 4.74 Å². The van der Waals surface area contributed by atoms with Gasteiger partial charge in [0, 0.05) is 22.4 Å². The Balaban J connectivity index is 1.51.